The first-order chi connectivity index (χ1) is 8.52. The third kappa shape index (κ3) is 4.81. The summed E-state index contributed by atoms with van der Waals surface area (Å²) in [6.45, 7) is 1.39. The van der Waals surface area contributed by atoms with E-state index in [1.165, 1.54) is 24.8 Å². The van der Waals surface area contributed by atoms with Crippen molar-refractivity contribution in [1.29, 1.82) is 0 Å². The number of halogens is 1. The van der Waals surface area contributed by atoms with E-state index in [-0.39, 0.29) is 11.8 Å². The van der Waals surface area contributed by atoms with Crippen LogP contribution >= 0.6 is 23.4 Å². The van der Waals surface area contributed by atoms with Crippen LogP contribution in [0.3, 0.4) is 0 Å². The summed E-state index contributed by atoms with van der Waals surface area (Å²) in [6.07, 6.45) is 3.27. The number of benzene rings is 1. The molecule has 0 spiro atoms. The number of hydrogen-bond acceptors (Lipinski definition) is 3. The fourth-order valence-electron chi connectivity index (χ4n) is 1.22. The molecule has 4 nitrogen and oxygen atoms in total. The van der Waals surface area contributed by atoms with Crippen LogP contribution < -0.4 is 10.6 Å². The van der Waals surface area contributed by atoms with Gasteiger partial charge >= 0.3 is 0 Å². The van der Waals surface area contributed by atoms with Crippen LogP contribution in [0.15, 0.2) is 29.7 Å². The van der Waals surface area contributed by atoms with Crippen LogP contribution in [0.25, 0.3) is 0 Å². The Hall–Kier alpha value is -1.46. The Balaban J connectivity index is 2.90. The number of carbonyl (C=O) groups excluding carboxylic acids is 2. The zero-order valence-electron chi connectivity index (χ0n) is 9.99. The molecule has 0 aromatic heterocycles. The van der Waals surface area contributed by atoms with Crippen LogP contribution in [-0.2, 0) is 9.59 Å². The van der Waals surface area contributed by atoms with Gasteiger partial charge in [-0.05, 0) is 29.9 Å². The first-order valence-corrected chi connectivity index (χ1v) is 6.77. The minimum absolute atomic E-state index is 0.229. The summed E-state index contributed by atoms with van der Waals surface area (Å²) in [7, 11) is 0. The normalized spacial score (nSPS) is 10.4. The molecule has 1 aromatic carbocycles. The number of hydrogen-bond donors (Lipinski definition) is 2. The van der Waals surface area contributed by atoms with Crippen molar-refractivity contribution < 1.29 is 9.59 Å². The summed E-state index contributed by atoms with van der Waals surface area (Å²) in [5, 5.41) is 7.43. The molecule has 96 valence electrons. The molecule has 0 unspecified atom stereocenters. The number of anilines is 2. The van der Waals surface area contributed by atoms with Crippen molar-refractivity contribution in [3.05, 3.63) is 34.7 Å². The Morgan fingerprint density at radius 2 is 2.00 bits per heavy atom. The first kappa shape index (κ1) is 14.6. The summed E-state index contributed by atoms with van der Waals surface area (Å²) in [5.41, 5.74) is 0.978. The van der Waals surface area contributed by atoms with Gasteiger partial charge in [0.1, 0.15) is 0 Å². The lowest BCUT2D eigenvalue weighted by atomic mass is 10.2. The molecule has 0 atom stereocenters. The highest BCUT2D eigenvalue weighted by Gasteiger charge is 2.07. The number of amides is 2. The molecular formula is C12H13ClN2O2S. The van der Waals surface area contributed by atoms with Crippen LogP contribution in [0.4, 0.5) is 11.4 Å². The maximum atomic E-state index is 11.5. The molecule has 0 aliphatic heterocycles. The average molecular weight is 285 g/mol. The molecule has 0 saturated heterocycles. The van der Waals surface area contributed by atoms with E-state index < -0.39 is 0 Å². The van der Waals surface area contributed by atoms with Crippen molar-refractivity contribution in [3.63, 3.8) is 0 Å². The van der Waals surface area contributed by atoms with E-state index in [0.717, 1.165) is 0 Å². The molecule has 1 rings (SSSR count). The van der Waals surface area contributed by atoms with Crippen molar-refractivity contribution in [2.24, 2.45) is 0 Å². The van der Waals surface area contributed by atoms with Gasteiger partial charge in [-0.15, -0.1) is 11.8 Å². The highest BCUT2D eigenvalue weighted by atomic mass is 35.5. The molecule has 0 saturated carbocycles. The Morgan fingerprint density at radius 1 is 1.28 bits per heavy atom. The van der Waals surface area contributed by atoms with Crippen molar-refractivity contribution in [3.8, 4) is 0 Å². The summed E-state index contributed by atoms with van der Waals surface area (Å²) < 4.78 is 0. The van der Waals surface area contributed by atoms with Gasteiger partial charge in [0.25, 0.3) is 0 Å². The van der Waals surface area contributed by atoms with Gasteiger partial charge in [-0.1, -0.05) is 11.6 Å². The maximum Gasteiger partial charge on any atom is 0.248 e. The lowest BCUT2D eigenvalue weighted by Gasteiger charge is -2.10. The van der Waals surface area contributed by atoms with Gasteiger partial charge in [-0.2, -0.15) is 0 Å². The molecule has 0 fully saturated rings. The maximum absolute atomic E-state index is 11.5. The van der Waals surface area contributed by atoms with E-state index >= 15 is 0 Å². The molecule has 0 radical (unpaired) electrons. The number of thioether (sulfide) groups is 1. The molecule has 18 heavy (non-hydrogen) atoms. The van der Waals surface area contributed by atoms with Gasteiger partial charge in [0.05, 0.1) is 11.4 Å². The average Bonchev–Trinajstić information content (AvgIpc) is 2.29. The third-order valence-corrected chi connectivity index (χ3v) is 2.55. The SMILES string of the molecule is CSC=CC(=O)Nc1ccc(Cl)cc1NC(C)=O. The Kier molecular flexibility index (Phi) is 5.74. The van der Waals surface area contributed by atoms with Gasteiger partial charge in [0.15, 0.2) is 0 Å². The number of nitrogens with one attached hydrogen (secondary N) is 2. The Bertz CT molecular complexity index is 489. The summed E-state index contributed by atoms with van der Waals surface area (Å²) in [6, 6.07) is 4.86. The van der Waals surface area contributed by atoms with Crippen LogP contribution in [-0.4, -0.2) is 18.1 Å². The molecular weight excluding hydrogens is 272 g/mol. The fourth-order valence-corrected chi connectivity index (χ4v) is 1.65. The topological polar surface area (TPSA) is 58.2 Å². The molecule has 0 heterocycles. The Morgan fingerprint density at radius 3 is 2.61 bits per heavy atom. The molecule has 1 aromatic rings. The van der Waals surface area contributed by atoms with Crippen LogP contribution in [0.5, 0.6) is 0 Å². The first-order valence-electron chi connectivity index (χ1n) is 5.10. The predicted octanol–water partition coefficient (Wildman–Crippen LogP) is 3.11. The number of carbonyl (C=O) groups is 2. The quantitative estimate of drug-likeness (QED) is 0.835. The molecule has 0 aliphatic rings. The summed E-state index contributed by atoms with van der Waals surface area (Å²) >= 11 is 7.26. The van der Waals surface area contributed by atoms with E-state index in [1.807, 2.05) is 6.26 Å². The lowest BCUT2D eigenvalue weighted by molar-refractivity contribution is -0.114. The van der Waals surface area contributed by atoms with Gasteiger partial charge in [0.2, 0.25) is 11.8 Å². The monoisotopic (exact) mass is 284 g/mol. The second kappa shape index (κ2) is 7.08. The number of rotatable bonds is 4. The predicted molar refractivity (Wildman–Crippen MR) is 77.0 cm³/mol. The van der Waals surface area contributed by atoms with E-state index in [1.54, 1.807) is 23.6 Å². The zero-order valence-corrected chi connectivity index (χ0v) is 11.6. The van der Waals surface area contributed by atoms with Crippen molar-refractivity contribution in [2.45, 2.75) is 6.92 Å². The highest BCUT2D eigenvalue weighted by Crippen LogP contribution is 2.25. The van der Waals surface area contributed by atoms with Gasteiger partial charge in [0, 0.05) is 18.0 Å². The second-order valence-electron chi connectivity index (χ2n) is 3.40. The molecule has 6 heteroatoms. The second-order valence-corrected chi connectivity index (χ2v) is 4.58. The van der Waals surface area contributed by atoms with E-state index in [0.29, 0.717) is 16.4 Å². The van der Waals surface area contributed by atoms with Crippen molar-refractivity contribution in [1.82, 2.24) is 0 Å². The largest absolute Gasteiger partial charge is 0.324 e. The van der Waals surface area contributed by atoms with Crippen molar-refractivity contribution in [2.75, 3.05) is 16.9 Å². The van der Waals surface area contributed by atoms with Crippen molar-refractivity contribution >= 4 is 46.6 Å². The van der Waals surface area contributed by atoms with E-state index in [9.17, 15) is 9.59 Å². The zero-order chi connectivity index (χ0) is 13.5. The minimum atomic E-state index is -0.265. The molecule has 2 amide bonds. The van der Waals surface area contributed by atoms with E-state index in [4.69, 9.17) is 11.6 Å². The fraction of sp³-hybridized carbons (Fsp3) is 0.167. The van der Waals surface area contributed by atoms with Gasteiger partial charge in [-0.3, -0.25) is 9.59 Å². The van der Waals surface area contributed by atoms with Crippen LogP contribution in [0.2, 0.25) is 5.02 Å². The Labute approximate surface area is 115 Å². The summed E-state index contributed by atoms with van der Waals surface area (Å²) in [5.74, 6) is -0.495. The molecule has 0 aliphatic carbocycles. The smallest absolute Gasteiger partial charge is 0.248 e. The summed E-state index contributed by atoms with van der Waals surface area (Å²) in [4.78, 5) is 22.6. The molecule has 0 bridgehead atoms. The standard InChI is InChI=1S/C12H13ClN2O2S/c1-8(16)14-11-7-9(13)3-4-10(11)15-12(17)5-6-18-2/h3-7H,1-2H3,(H,14,16)(H,15,17). The molecule has 2 N–H and O–H groups in total. The van der Waals surface area contributed by atoms with E-state index in [2.05, 4.69) is 10.6 Å². The van der Waals surface area contributed by atoms with Gasteiger partial charge < -0.3 is 10.6 Å². The lowest BCUT2D eigenvalue weighted by Crippen LogP contribution is -2.12. The highest BCUT2D eigenvalue weighted by molar-refractivity contribution is 8.01. The minimum Gasteiger partial charge on any atom is -0.324 e. The van der Waals surface area contributed by atoms with Gasteiger partial charge in [-0.25, -0.2) is 0 Å². The third-order valence-electron chi connectivity index (χ3n) is 1.91. The van der Waals surface area contributed by atoms with Crippen LogP contribution in [0.1, 0.15) is 6.92 Å². The van der Waals surface area contributed by atoms with Crippen LogP contribution in [0, 0.1) is 0 Å².